The molecule has 0 fully saturated rings. The van der Waals surface area contributed by atoms with Crippen LogP contribution >= 0.6 is 0 Å². The molecule has 3 heteroatoms. The van der Waals surface area contributed by atoms with E-state index in [1.165, 1.54) is 0 Å². The first-order valence-corrected chi connectivity index (χ1v) is 5.28. The number of ether oxygens (including phenoxy) is 1. The first-order chi connectivity index (χ1) is 7.86. The van der Waals surface area contributed by atoms with Crippen molar-refractivity contribution in [1.29, 1.82) is 0 Å². The fourth-order valence-electron chi connectivity index (χ4n) is 1.25. The van der Waals surface area contributed by atoms with Crippen LogP contribution in [0.4, 0.5) is 4.39 Å². The van der Waals surface area contributed by atoms with Crippen LogP contribution < -0.4 is 10.1 Å². The summed E-state index contributed by atoms with van der Waals surface area (Å²) in [5, 5.41) is 3.15. The number of benzene rings is 1. The van der Waals surface area contributed by atoms with Crippen molar-refractivity contribution in [1.82, 2.24) is 5.32 Å². The maximum absolute atomic E-state index is 11.8. The number of hydrogen-bond donors (Lipinski definition) is 1. The predicted octanol–water partition coefficient (Wildman–Crippen LogP) is 2.15. The zero-order chi connectivity index (χ0) is 11.6. The third-order valence-electron chi connectivity index (χ3n) is 2.06. The molecule has 0 aliphatic heterocycles. The lowest BCUT2D eigenvalue weighted by atomic mass is 10.2. The maximum atomic E-state index is 11.8. The summed E-state index contributed by atoms with van der Waals surface area (Å²) in [5.74, 6) is 3.18. The van der Waals surface area contributed by atoms with E-state index in [1.54, 1.807) is 0 Å². The molecule has 1 aromatic carbocycles. The van der Waals surface area contributed by atoms with E-state index in [-0.39, 0.29) is 13.3 Å². The third kappa shape index (κ3) is 4.81. The lowest BCUT2D eigenvalue weighted by Gasteiger charge is -2.05. The number of rotatable bonds is 7. The maximum Gasteiger partial charge on any atom is 0.148 e. The highest BCUT2D eigenvalue weighted by atomic mass is 19.1. The van der Waals surface area contributed by atoms with Crippen molar-refractivity contribution in [3.05, 3.63) is 29.8 Å². The van der Waals surface area contributed by atoms with E-state index in [1.807, 2.05) is 24.3 Å². The molecule has 0 saturated carbocycles. The van der Waals surface area contributed by atoms with Gasteiger partial charge in [-0.15, -0.1) is 6.42 Å². The molecule has 0 spiro atoms. The summed E-state index contributed by atoms with van der Waals surface area (Å²) >= 11 is 0. The van der Waals surface area contributed by atoms with Crippen LogP contribution in [0.2, 0.25) is 0 Å². The summed E-state index contributed by atoms with van der Waals surface area (Å²) in [6, 6.07) is 7.69. The highest BCUT2D eigenvalue weighted by molar-refractivity contribution is 5.27. The van der Waals surface area contributed by atoms with Gasteiger partial charge in [0, 0.05) is 6.54 Å². The number of terminal acetylenes is 1. The Morgan fingerprint density at radius 1 is 1.31 bits per heavy atom. The van der Waals surface area contributed by atoms with Crippen molar-refractivity contribution in [3.8, 4) is 18.1 Å². The van der Waals surface area contributed by atoms with Crippen LogP contribution in [0.3, 0.4) is 0 Å². The zero-order valence-electron chi connectivity index (χ0n) is 9.21. The number of halogens is 1. The lowest BCUT2D eigenvalue weighted by Crippen LogP contribution is -2.14. The summed E-state index contributed by atoms with van der Waals surface area (Å²) in [6.45, 7) is 1.46. The molecule has 0 bridgehead atoms. The molecule has 0 heterocycles. The molecule has 0 amide bonds. The molecular weight excluding hydrogens is 205 g/mol. The fourth-order valence-corrected chi connectivity index (χ4v) is 1.25. The van der Waals surface area contributed by atoms with Crippen LogP contribution in [0, 0.1) is 12.3 Å². The fraction of sp³-hybridized carbons (Fsp3) is 0.385. The molecular formula is C13H16FNO. The van der Waals surface area contributed by atoms with E-state index in [0.29, 0.717) is 13.0 Å². The third-order valence-corrected chi connectivity index (χ3v) is 2.06. The molecule has 2 nitrogen and oxygen atoms in total. The summed E-state index contributed by atoms with van der Waals surface area (Å²) < 4.78 is 17.1. The largest absolute Gasteiger partial charge is 0.481 e. The zero-order valence-corrected chi connectivity index (χ0v) is 9.21. The molecule has 0 atom stereocenters. The SMILES string of the molecule is C#CCOc1ccc(CNCCCF)cc1. The van der Waals surface area contributed by atoms with Gasteiger partial charge in [-0.25, -0.2) is 0 Å². The quantitative estimate of drug-likeness (QED) is 0.562. The Morgan fingerprint density at radius 2 is 2.06 bits per heavy atom. The first-order valence-electron chi connectivity index (χ1n) is 5.28. The van der Waals surface area contributed by atoms with Crippen molar-refractivity contribution >= 4 is 0 Å². The second-order valence-corrected chi connectivity index (χ2v) is 3.36. The van der Waals surface area contributed by atoms with Crippen molar-refractivity contribution in [3.63, 3.8) is 0 Å². The molecule has 0 radical (unpaired) electrons. The minimum absolute atomic E-state index is 0.272. The van der Waals surface area contributed by atoms with Crippen molar-refractivity contribution in [2.75, 3.05) is 19.8 Å². The van der Waals surface area contributed by atoms with Crippen LogP contribution in [0.1, 0.15) is 12.0 Å². The summed E-state index contributed by atoms with van der Waals surface area (Å²) in [5.41, 5.74) is 1.15. The molecule has 1 aromatic rings. The second-order valence-electron chi connectivity index (χ2n) is 3.36. The van der Waals surface area contributed by atoms with Crippen LogP contribution in [0.15, 0.2) is 24.3 Å². The Labute approximate surface area is 95.8 Å². The van der Waals surface area contributed by atoms with Gasteiger partial charge in [0.2, 0.25) is 0 Å². The molecule has 1 N–H and O–H groups in total. The van der Waals surface area contributed by atoms with Crippen LogP contribution in [0.25, 0.3) is 0 Å². The minimum Gasteiger partial charge on any atom is -0.481 e. The Hall–Kier alpha value is -1.53. The normalized spacial score (nSPS) is 9.75. The van der Waals surface area contributed by atoms with Crippen LogP contribution in [-0.4, -0.2) is 19.8 Å². The summed E-state index contributed by atoms with van der Waals surface area (Å²) in [6.07, 6.45) is 5.64. The topological polar surface area (TPSA) is 21.3 Å². The minimum atomic E-state index is -0.272. The standard InChI is InChI=1S/C13H16FNO/c1-2-10-16-13-6-4-12(5-7-13)11-15-9-3-8-14/h1,4-7,15H,3,8-11H2. The van der Waals surface area contributed by atoms with E-state index in [9.17, 15) is 4.39 Å². The molecule has 0 aromatic heterocycles. The molecule has 86 valence electrons. The Morgan fingerprint density at radius 3 is 2.69 bits per heavy atom. The van der Waals surface area contributed by atoms with Gasteiger partial charge in [-0.1, -0.05) is 18.1 Å². The van der Waals surface area contributed by atoms with Crippen molar-refractivity contribution in [2.45, 2.75) is 13.0 Å². The molecule has 0 saturated heterocycles. The van der Waals surface area contributed by atoms with Gasteiger partial charge < -0.3 is 10.1 Å². The van der Waals surface area contributed by atoms with Gasteiger partial charge in [0.25, 0.3) is 0 Å². The predicted molar refractivity (Wildman–Crippen MR) is 63.1 cm³/mol. The molecule has 16 heavy (non-hydrogen) atoms. The summed E-state index contributed by atoms with van der Waals surface area (Å²) in [4.78, 5) is 0. The van der Waals surface area contributed by atoms with E-state index in [2.05, 4.69) is 11.2 Å². The lowest BCUT2D eigenvalue weighted by molar-refractivity contribution is 0.370. The smallest absolute Gasteiger partial charge is 0.148 e. The van der Waals surface area contributed by atoms with Crippen molar-refractivity contribution < 1.29 is 9.13 Å². The number of nitrogens with one attached hydrogen (secondary N) is 1. The van der Waals surface area contributed by atoms with Gasteiger partial charge in [-0.3, -0.25) is 4.39 Å². The van der Waals surface area contributed by atoms with Gasteiger partial charge >= 0.3 is 0 Å². The second kappa shape index (κ2) is 7.72. The van der Waals surface area contributed by atoms with E-state index in [4.69, 9.17) is 11.2 Å². The highest BCUT2D eigenvalue weighted by Crippen LogP contribution is 2.11. The highest BCUT2D eigenvalue weighted by Gasteiger charge is 1.94. The first kappa shape index (κ1) is 12.5. The average molecular weight is 221 g/mol. The average Bonchev–Trinajstić information content (AvgIpc) is 2.33. The Kier molecular flexibility index (Phi) is 6.05. The molecule has 0 aliphatic rings. The van der Waals surface area contributed by atoms with Crippen LogP contribution in [0.5, 0.6) is 5.75 Å². The Balaban J connectivity index is 2.31. The monoisotopic (exact) mass is 221 g/mol. The molecule has 0 aliphatic carbocycles. The Bertz CT molecular complexity index is 329. The van der Waals surface area contributed by atoms with Gasteiger partial charge in [-0.2, -0.15) is 0 Å². The number of alkyl halides is 1. The summed E-state index contributed by atoms with van der Waals surface area (Å²) in [7, 11) is 0. The molecule has 1 rings (SSSR count). The van der Waals surface area contributed by atoms with Gasteiger partial charge in [0.15, 0.2) is 0 Å². The van der Waals surface area contributed by atoms with E-state index < -0.39 is 0 Å². The van der Waals surface area contributed by atoms with Crippen molar-refractivity contribution in [2.24, 2.45) is 0 Å². The van der Waals surface area contributed by atoms with Gasteiger partial charge in [-0.05, 0) is 30.7 Å². The number of hydrogen-bond acceptors (Lipinski definition) is 2. The van der Waals surface area contributed by atoms with Gasteiger partial charge in [0.05, 0.1) is 6.67 Å². The van der Waals surface area contributed by atoms with E-state index in [0.717, 1.165) is 17.9 Å². The molecule has 0 unspecified atom stereocenters. The van der Waals surface area contributed by atoms with Gasteiger partial charge in [0.1, 0.15) is 12.4 Å². The van der Waals surface area contributed by atoms with E-state index >= 15 is 0 Å². The van der Waals surface area contributed by atoms with Crippen LogP contribution in [-0.2, 0) is 6.54 Å².